The first-order valence-corrected chi connectivity index (χ1v) is 14.0. The maximum Gasteiger partial charge on any atom is 0.253 e. The van der Waals surface area contributed by atoms with Crippen molar-refractivity contribution in [2.75, 3.05) is 51.6 Å². The first-order valence-electron chi connectivity index (χ1n) is 12.5. The lowest BCUT2D eigenvalue weighted by molar-refractivity contribution is -0.120. The second kappa shape index (κ2) is 10.7. The number of nitrogens with one attached hydrogen (secondary N) is 1. The van der Waals surface area contributed by atoms with Gasteiger partial charge >= 0.3 is 0 Å². The zero-order chi connectivity index (χ0) is 26.0. The van der Waals surface area contributed by atoms with Gasteiger partial charge in [0.15, 0.2) is 0 Å². The number of carbonyl (C=O) groups is 2. The molecule has 4 rings (SSSR count). The van der Waals surface area contributed by atoms with Gasteiger partial charge < -0.3 is 15.1 Å². The van der Waals surface area contributed by atoms with Gasteiger partial charge in [-0.25, -0.2) is 8.42 Å². The zero-order valence-corrected chi connectivity index (χ0v) is 22.4. The third-order valence-corrected chi connectivity index (χ3v) is 9.42. The third-order valence-electron chi connectivity index (χ3n) is 7.22. The minimum atomic E-state index is -3.61. The lowest BCUT2D eigenvalue weighted by Gasteiger charge is -2.32. The summed E-state index contributed by atoms with van der Waals surface area (Å²) >= 11 is 0. The molecule has 0 aliphatic carbocycles. The predicted octanol–water partition coefficient (Wildman–Crippen LogP) is 3.04. The predicted molar refractivity (Wildman–Crippen MR) is 141 cm³/mol. The van der Waals surface area contributed by atoms with E-state index in [1.54, 1.807) is 24.3 Å². The van der Waals surface area contributed by atoms with Crippen molar-refractivity contribution >= 4 is 27.5 Å². The summed E-state index contributed by atoms with van der Waals surface area (Å²) in [5.41, 5.74) is 3.79. The molecule has 0 atom stereocenters. The highest BCUT2D eigenvalue weighted by Crippen LogP contribution is 2.29. The van der Waals surface area contributed by atoms with Crippen molar-refractivity contribution in [2.45, 2.75) is 38.5 Å². The summed E-state index contributed by atoms with van der Waals surface area (Å²) in [4.78, 5) is 30.0. The number of nitrogens with zero attached hydrogens (tertiary/aromatic N) is 3. The molecule has 2 aromatic rings. The van der Waals surface area contributed by atoms with E-state index in [1.807, 2.05) is 44.9 Å². The summed E-state index contributed by atoms with van der Waals surface area (Å²) in [5, 5.41) is 2.93. The van der Waals surface area contributed by atoms with Gasteiger partial charge in [-0.2, -0.15) is 4.31 Å². The van der Waals surface area contributed by atoms with Crippen molar-refractivity contribution < 1.29 is 18.0 Å². The fraction of sp³-hybridized carbons (Fsp3) is 0.481. The van der Waals surface area contributed by atoms with E-state index < -0.39 is 10.0 Å². The standard InChI is InChI=1S/C27H36N4O4S/c1-19-17-20(2)25(21(3)18-19)36(34,35)31-11-9-22(10-12-31)26(32)28-24-7-5-23(6-8-24)27(33)30-15-13-29(4)14-16-30/h5-8,17-18,22H,9-16H2,1-4H3,(H,28,32). The van der Waals surface area contributed by atoms with Gasteiger partial charge in [0.25, 0.3) is 5.91 Å². The number of rotatable bonds is 5. The van der Waals surface area contributed by atoms with E-state index >= 15 is 0 Å². The average molecular weight is 513 g/mol. The van der Waals surface area contributed by atoms with Crippen LogP contribution in [0.3, 0.4) is 0 Å². The molecule has 2 saturated heterocycles. The van der Waals surface area contributed by atoms with E-state index in [-0.39, 0.29) is 17.7 Å². The summed E-state index contributed by atoms with van der Waals surface area (Å²) < 4.78 is 28.1. The first kappa shape index (κ1) is 26.3. The second-order valence-corrected chi connectivity index (χ2v) is 11.9. The van der Waals surface area contributed by atoms with E-state index in [1.165, 1.54) is 4.31 Å². The molecule has 2 aromatic carbocycles. The van der Waals surface area contributed by atoms with Crippen LogP contribution in [0.25, 0.3) is 0 Å². The lowest BCUT2D eigenvalue weighted by atomic mass is 9.97. The van der Waals surface area contributed by atoms with Crippen LogP contribution >= 0.6 is 0 Å². The maximum absolute atomic E-state index is 13.3. The Morgan fingerprint density at radius 2 is 1.42 bits per heavy atom. The Kier molecular flexibility index (Phi) is 7.82. The smallest absolute Gasteiger partial charge is 0.253 e. The molecule has 36 heavy (non-hydrogen) atoms. The molecule has 2 amide bonds. The Bertz CT molecular complexity index is 1200. The summed E-state index contributed by atoms with van der Waals surface area (Å²) in [7, 11) is -1.56. The molecule has 0 saturated carbocycles. The van der Waals surface area contributed by atoms with Crippen molar-refractivity contribution in [2.24, 2.45) is 5.92 Å². The van der Waals surface area contributed by atoms with E-state index in [0.29, 0.717) is 55.2 Å². The first-order chi connectivity index (χ1) is 17.1. The van der Waals surface area contributed by atoms with E-state index in [2.05, 4.69) is 10.2 Å². The fourth-order valence-corrected chi connectivity index (χ4v) is 7.08. The van der Waals surface area contributed by atoms with Crippen LogP contribution in [0.4, 0.5) is 5.69 Å². The van der Waals surface area contributed by atoms with Crippen LogP contribution < -0.4 is 5.32 Å². The summed E-state index contributed by atoms with van der Waals surface area (Å²) in [6, 6.07) is 10.8. The lowest BCUT2D eigenvalue weighted by Crippen LogP contribution is -2.47. The van der Waals surface area contributed by atoms with E-state index in [4.69, 9.17) is 0 Å². The van der Waals surface area contributed by atoms with Crippen LogP contribution in [-0.4, -0.2) is 80.7 Å². The Morgan fingerprint density at radius 1 is 0.861 bits per heavy atom. The minimum absolute atomic E-state index is 0.00797. The Labute approximate surface area is 214 Å². The van der Waals surface area contributed by atoms with Gasteiger partial charge in [0.1, 0.15) is 0 Å². The van der Waals surface area contributed by atoms with E-state index in [0.717, 1.165) is 29.8 Å². The molecule has 2 heterocycles. The second-order valence-electron chi connectivity index (χ2n) is 10.1. The van der Waals surface area contributed by atoms with Gasteiger partial charge in [-0.3, -0.25) is 9.59 Å². The molecule has 0 bridgehead atoms. The molecule has 1 N–H and O–H groups in total. The molecule has 2 fully saturated rings. The molecule has 0 spiro atoms. The van der Waals surface area contributed by atoms with Crippen LogP contribution in [0.2, 0.25) is 0 Å². The molecular formula is C27H36N4O4S. The van der Waals surface area contributed by atoms with Gasteiger partial charge in [0.2, 0.25) is 15.9 Å². The molecule has 8 nitrogen and oxygen atoms in total. The number of anilines is 1. The van der Waals surface area contributed by atoms with Crippen LogP contribution in [0.15, 0.2) is 41.3 Å². The number of carbonyl (C=O) groups excluding carboxylic acids is 2. The normalized spacial score (nSPS) is 18.3. The summed E-state index contributed by atoms with van der Waals surface area (Å²) in [5.74, 6) is -0.371. The zero-order valence-electron chi connectivity index (χ0n) is 21.6. The van der Waals surface area contributed by atoms with Crippen LogP contribution in [0, 0.1) is 26.7 Å². The number of amides is 2. The van der Waals surface area contributed by atoms with Crippen molar-refractivity contribution in [3.05, 3.63) is 58.7 Å². The van der Waals surface area contributed by atoms with E-state index in [9.17, 15) is 18.0 Å². The molecule has 0 unspecified atom stereocenters. The fourth-order valence-electron chi connectivity index (χ4n) is 5.19. The van der Waals surface area contributed by atoms with Gasteiger partial charge in [0.05, 0.1) is 4.90 Å². The van der Waals surface area contributed by atoms with Crippen molar-refractivity contribution in [3.63, 3.8) is 0 Å². The van der Waals surface area contributed by atoms with Crippen LogP contribution in [0.5, 0.6) is 0 Å². The number of benzene rings is 2. The summed E-state index contributed by atoms with van der Waals surface area (Å²) in [6.45, 7) is 9.40. The van der Waals surface area contributed by atoms with Crippen LogP contribution in [-0.2, 0) is 14.8 Å². The molecule has 9 heteroatoms. The maximum atomic E-state index is 13.3. The highest BCUT2D eigenvalue weighted by Gasteiger charge is 2.33. The quantitative estimate of drug-likeness (QED) is 0.665. The molecule has 194 valence electrons. The monoisotopic (exact) mass is 512 g/mol. The van der Waals surface area contributed by atoms with Gasteiger partial charge in [-0.05, 0) is 76.1 Å². The van der Waals surface area contributed by atoms with Crippen molar-refractivity contribution in [1.82, 2.24) is 14.1 Å². The largest absolute Gasteiger partial charge is 0.336 e. The average Bonchev–Trinajstić information content (AvgIpc) is 2.84. The Hall–Kier alpha value is -2.75. The molecule has 2 aliphatic rings. The number of hydrogen-bond donors (Lipinski definition) is 1. The number of aryl methyl sites for hydroxylation is 3. The number of hydrogen-bond acceptors (Lipinski definition) is 5. The van der Waals surface area contributed by atoms with Crippen molar-refractivity contribution in [3.8, 4) is 0 Å². The van der Waals surface area contributed by atoms with Gasteiger partial charge in [0, 0.05) is 56.4 Å². The number of likely N-dealkylation sites (N-methyl/N-ethyl adjacent to an activating group) is 1. The highest BCUT2D eigenvalue weighted by molar-refractivity contribution is 7.89. The molecular weight excluding hydrogens is 476 g/mol. The SMILES string of the molecule is Cc1cc(C)c(S(=O)(=O)N2CCC(C(=O)Nc3ccc(C(=O)N4CCN(C)CC4)cc3)CC2)c(C)c1. The van der Waals surface area contributed by atoms with Crippen LogP contribution in [0.1, 0.15) is 39.9 Å². The minimum Gasteiger partial charge on any atom is -0.336 e. The molecule has 2 aliphatic heterocycles. The van der Waals surface area contributed by atoms with Gasteiger partial charge in [-0.15, -0.1) is 0 Å². The highest BCUT2D eigenvalue weighted by atomic mass is 32.2. The molecule has 0 aromatic heterocycles. The summed E-state index contributed by atoms with van der Waals surface area (Å²) in [6.07, 6.45) is 0.935. The Morgan fingerprint density at radius 3 is 1.97 bits per heavy atom. The topological polar surface area (TPSA) is 90.0 Å². The number of piperidine rings is 1. The van der Waals surface area contributed by atoms with Gasteiger partial charge in [-0.1, -0.05) is 17.7 Å². The number of sulfonamides is 1. The number of piperazine rings is 1. The Balaban J connectivity index is 1.33. The van der Waals surface area contributed by atoms with Crippen molar-refractivity contribution in [1.29, 1.82) is 0 Å². The third kappa shape index (κ3) is 5.63. The molecule has 0 radical (unpaired) electrons.